The molecule has 0 saturated heterocycles. The molecule has 0 aliphatic carbocycles. The molecule has 0 aliphatic heterocycles. The van der Waals surface area contributed by atoms with Gasteiger partial charge in [-0.25, -0.2) is 0 Å². The molecule has 16 heavy (non-hydrogen) atoms. The van der Waals surface area contributed by atoms with Crippen molar-refractivity contribution in [3.8, 4) is 0 Å². The molecule has 0 aromatic heterocycles. The number of aliphatic imine (C=N–C) groups is 1. The lowest BCUT2D eigenvalue weighted by Gasteiger charge is -2.23. The van der Waals surface area contributed by atoms with Crippen molar-refractivity contribution < 1.29 is 25.5 Å². The molecule has 0 heterocycles. The monoisotopic (exact) mass is 236 g/mol. The van der Waals surface area contributed by atoms with Crippen LogP contribution in [0, 0.1) is 0 Å². The molecule has 4 unspecified atom stereocenters. The molecule has 0 amide bonds. The molecule has 0 bridgehead atoms. The normalized spacial score (nSPS) is 19.6. The summed E-state index contributed by atoms with van der Waals surface area (Å²) >= 11 is 0. The molecule has 0 aromatic rings. The summed E-state index contributed by atoms with van der Waals surface area (Å²) in [5, 5.41) is 45.5. The lowest BCUT2D eigenvalue weighted by molar-refractivity contribution is -0.0999. The molecule has 0 saturated carbocycles. The first-order chi connectivity index (χ1) is 7.54. The van der Waals surface area contributed by atoms with Gasteiger partial charge in [-0.2, -0.15) is 0 Å². The van der Waals surface area contributed by atoms with E-state index in [1.54, 1.807) is 0 Å². The topological polar surface area (TPSA) is 140 Å². The van der Waals surface area contributed by atoms with Crippen LogP contribution in [0.25, 0.3) is 0 Å². The smallest absolute Gasteiger partial charge is 0.117 e. The van der Waals surface area contributed by atoms with Crippen LogP contribution in [0.5, 0.6) is 0 Å². The molecule has 4 atom stereocenters. The molecule has 0 fully saturated rings. The van der Waals surface area contributed by atoms with Crippen molar-refractivity contribution in [1.82, 2.24) is 0 Å². The van der Waals surface area contributed by atoms with Crippen LogP contribution in [0.3, 0.4) is 0 Å². The van der Waals surface area contributed by atoms with E-state index in [4.69, 9.17) is 15.9 Å². The SMILES string of the molecule is NCCCN=CC(O)C(O)C(O)C(O)CO. The van der Waals surface area contributed by atoms with E-state index in [0.717, 1.165) is 6.21 Å². The van der Waals surface area contributed by atoms with Crippen LogP contribution in [-0.2, 0) is 0 Å². The average molecular weight is 236 g/mol. The third-order valence-electron chi connectivity index (χ3n) is 2.03. The van der Waals surface area contributed by atoms with Crippen molar-refractivity contribution in [2.75, 3.05) is 19.7 Å². The Labute approximate surface area is 93.9 Å². The highest BCUT2D eigenvalue weighted by Gasteiger charge is 2.28. The lowest BCUT2D eigenvalue weighted by Crippen LogP contribution is -2.46. The lowest BCUT2D eigenvalue weighted by atomic mass is 10.0. The van der Waals surface area contributed by atoms with E-state index >= 15 is 0 Å². The van der Waals surface area contributed by atoms with E-state index in [0.29, 0.717) is 19.5 Å². The number of hydrogen-bond donors (Lipinski definition) is 6. The summed E-state index contributed by atoms with van der Waals surface area (Å²) in [6.07, 6.45) is -4.38. The van der Waals surface area contributed by atoms with Crippen LogP contribution in [0.4, 0.5) is 0 Å². The number of nitrogens with two attached hydrogens (primary N) is 1. The highest BCUT2D eigenvalue weighted by Crippen LogP contribution is 2.03. The average Bonchev–Trinajstić information content (AvgIpc) is 2.31. The van der Waals surface area contributed by atoms with Gasteiger partial charge >= 0.3 is 0 Å². The van der Waals surface area contributed by atoms with Gasteiger partial charge < -0.3 is 31.3 Å². The summed E-state index contributed by atoms with van der Waals surface area (Å²) in [6.45, 7) is 0.191. The summed E-state index contributed by atoms with van der Waals surface area (Å²) in [5.41, 5.74) is 5.22. The Hall–Kier alpha value is -0.570. The molecule has 0 spiro atoms. The Morgan fingerprint density at radius 2 is 1.75 bits per heavy atom. The van der Waals surface area contributed by atoms with Gasteiger partial charge in [0.25, 0.3) is 0 Å². The highest BCUT2D eigenvalue weighted by atomic mass is 16.4. The van der Waals surface area contributed by atoms with Gasteiger partial charge in [0.15, 0.2) is 0 Å². The number of aliphatic hydroxyl groups is 5. The fourth-order valence-electron chi connectivity index (χ4n) is 0.991. The van der Waals surface area contributed by atoms with Gasteiger partial charge in [-0.05, 0) is 13.0 Å². The zero-order valence-electron chi connectivity index (χ0n) is 8.98. The maximum absolute atomic E-state index is 9.36. The van der Waals surface area contributed by atoms with Crippen LogP contribution < -0.4 is 5.73 Å². The molecule has 7 nitrogen and oxygen atoms in total. The third-order valence-corrected chi connectivity index (χ3v) is 2.03. The molecular weight excluding hydrogens is 216 g/mol. The van der Waals surface area contributed by atoms with Gasteiger partial charge in [0, 0.05) is 12.8 Å². The summed E-state index contributed by atoms with van der Waals surface area (Å²) < 4.78 is 0. The molecular formula is C9H20N2O5. The van der Waals surface area contributed by atoms with Crippen molar-refractivity contribution in [1.29, 1.82) is 0 Å². The zero-order chi connectivity index (χ0) is 12.6. The standard InChI is InChI=1S/C9H20N2O5/c10-2-1-3-11-4-6(13)8(15)9(16)7(14)5-12/h4,6-9,12-16H,1-3,5,10H2. The van der Waals surface area contributed by atoms with Crippen molar-refractivity contribution in [3.05, 3.63) is 0 Å². The first-order valence-electron chi connectivity index (χ1n) is 5.07. The molecule has 0 radical (unpaired) electrons. The van der Waals surface area contributed by atoms with Crippen molar-refractivity contribution in [2.45, 2.75) is 30.8 Å². The predicted molar refractivity (Wildman–Crippen MR) is 58.1 cm³/mol. The Bertz CT molecular complexity index is 202. The van der Waals surface area contributed by atoms with E-state index in [-0.39, 0.29) is 0 Å². The van der Waals surface area contributed by atoms with Gasteiger partial charge in [0.1, 0.15) is 24.4 Å². The van der Waals surface area contributed by atoms with E-state index in [1.807, 2.05) is 0 Å². The minimum absolute atomic E-state index is 0.416. The summed E-state index contributed by atoms with van der Waals surface area (Å²) in [7, 11) is 0. The van der Waals surface area contributed by atoms with Crippen molar-refractivity contribution in [3.63, 3.8) is 0 Å². The second-order valence-corrected chi connectivity index (χ2v) is 3.42. The van der Waals surface area contributed by atoms with E-state index in [9.17, 15) is 15.3 Å². The maximum atomic E-state index is 9.36. The Morgan fingerprint density at radius 1 is 1.12 bits per heavy atom. The Morgan fingerprint density at radius 3 is 2.25 bits per heavy atom. The second-order valence-electron chi connectivity index (χ2n) is 3.42. The van der Waals surface area contributed by atoms with Gasteiger partial charge in [-0.15, -0.1) is 0 Å². The largest absolute Gasteiger partial charge is 0.394 e. The maximum Gasteiger partial charge on any atom is 0.117 e. The predicted octanol–water partition coefficient (Wildman–Crippen LogP) is -3.16. The van der Waals surface area contributed by atoms with Crippen LogP contribution in [-0.4, -0.2) is 75.9 Å². The molecule has 0 aromatic carbocycles. The van der Waals surface area contributed by atoms with Crippen LogP contribution in [0.1, 0.15) is 6.42 Å². The molecule has 7 heteroatoms. The molecule has 0 aliphatic rings. The minimum Gasteiger partial charge on any atom is -0.394 e. The fraction of sp³-hybridized carbons (Fsp3) is 0.889. The van der Waals surface area contributed by atoms with Gasteiger partial charge in [-0.1, -0.05) is 0 Å². The van der Waals surface area contributed by atoms with E-state index in [2.05, 4.69) is 4.99 Å². The number of nitrogens with zero attached hydrogens (tertiary/aromatic N) is 1. The molecule has 0 rings (SSSR count). The third kappa shape index (κ3) is 5.50. The minimum atomic E-state index is -1.62. The number of rotatable bonds is 8. The van der Waals surface area contributed by atoms with E-state index in [1.165, 1.54) is 0 Å². The van der Waals surface area contributed by atoms with Gasteiger partial charge in [0.05, 0.1) is 6.61 Å². The zero-order valence-corrected chi connectivity index (χ0v) is 8.98. The molecule has 96 valence electrons. The summed E-state index contributed by atoms with van der Waals surface area (Å²) in [6, 6.07) is 0. The van der Waals surface area contributed by atoms with Crippen molar-refractivity contribution in [2.24, 2.45) is 10.7 Å². The Balaban J connectivity index is 4.06. The number of hydrogen-bond acceptors (Lipinski definition) is 7. The van der Waals surface area contributed by atoms with Crippen LogP contribution in [0.15, 0.2) is 4.99 Å². The van der Waals surface area contributed by atoms with Gasteiger partial charge in [0.2, 0.25) is 0 Å². The summed E-state index contributed by atoms with van der Waals surface area (Å²) in [4.78, 5) is 3.78. The second kappa shape index (κ2) is 8.57. The van der Waals surface area contributed by atoms with Crippen LogP contribution >= 0.6 is 0 Å². The summed E-state index contributed by atoms with van der Waals surface area (Å²) in [5.74, 6) is 0. The first kappa shape index (κ1) is 15.4. The van der Waals surface area contributed by atoms with Crippen LogP contribution in [0.2, 0.25) is 0 Å². The fourth-order valence-corrected chi connectivity index (χ4v) is 0.991. The van der Waals surface area contributed by atoms with Gasteiger partial charge in [-0.3, -0.25) is 4.99 Å². The first-order valence-corrected chi connectivity index (χ1v) is 5.07. The van der Waals surface area contributed by atoms with Crippen molar-refractivity contribution >= 4 is 6.21 Å². The Kier molecular flexibility index (Phi) is 8.26. The number of aliphatic hydroxyl groups excluding tert-OH is 5. The quantitative estimate of drug-likeness (QED) is 0.194. The highest BCUT2D eigenvalue weighted by molar-refractivity contribution is 5.63. The molecule has 7 N–H and O–H groups in total. The van der Waals surface area contributed by atoms with E-state index < -0.39 is 31.0 Å².